The van der Waals surface area contributed by atoms with Crippen LogP contribution in [0.5, 0.6) is 0 Å². The van der Waals surface area contributed by atoms with Crippen molar-refractivity contribution in [1.82, 2.24) is 25.0 Å². The molecule has 150 valence electrons. The van der Waals surface area contributed by atoms with Crippen LogP contribution in [0.1, 0.15) is 39.8 Å². The Labute approximate surface area is 168 Å². The molecule has 0 unspecified atom stereocenters. The number of nitrogens with one attached hydrogen (secondary N) is 1. The predicted octanol–water partition coefficient (Wildman–Crippen LogP) is 2.08. The Hall–Kier alpha value is -3.42. The molecule has 1 aliphatic rings. The molecule has 2 amide bonds. The Morgan fingerprint density at radius 2 is 2.03 bits per heavy atom. The van der Waals surface area contributed by atoms with Gasteiger partial charge in [0.25, 0.3) is 5.91 Å². The Kier molecular flexibility index (Phi) is 5.41. The van der Waals surface area contributed by atoms with Crippen LogP contribution >= 0.6 is 0 Å². The highest BCUT2D eigenvalue weighted by molar-refractivity contribution is 5.91. The Balaban J connectivity index is 1.35. The van der Waals surface area contributed by atoms with E-state index in [1.54, 1.807) is 17.2 Å². The summed E-state index contributed by atoms with van der Waals surface area (Å²) in [6, 6.07) is 11.6. The number of benzene rings is 1. The van der Waals surface area contributed by atoms with Crippen LogP contribution in [0.4, 0.5) is 0 Å². The highest BCUT2D eigenvalue weighted by Crippen LogP contribution is 2.18. The molecule has 1 aliphatic heterocycles. The maximum atomic E-state index is 12.8. The summed E-state index contributed by atoms with van der Waals surface area (Å²) in [6.07, 6.45) is 2.28. The molecule has 0 atom stereocenters. The summed E-state index contributed by atoms with van der Waals surface area (Å²) in [7, 11) is 0. The van der Waals surface area contributed by atoms with Gasteiger partial charge in [0.15, 0.2) is 0 Å². The highest BCUT2D eigenvalue weighted by Gasteiger charge is 2.29. The minimum absolute atomic E-state index is 0.0953. The number of carbonyl (C=O) groups excluding carboxylic acids is 2. The summed E-state index contributed by atoms with van der Waals surface area (Å²) < 4.78 is 7.03. The van der Waals surface area contributed by atoms with Crippen LogP contribution < -0.4 is 5.32 Å². The number of hydrogen-bond donors (Lipinski definition) is 1. The van der Waals surface area contributed by atoms with Gasteiger partial charge in [-0.25, -0.2) is 0 Å². The Bertz CT molecular complexity index is 1010. The van der Waals surface area contributed by atoms with Crippen molar-refractivity contribution < 1.29 is 14.0 Å². The minimum Gasteiger partial charge on any atom is -0.467 e. The summed E-state index contributed by atoms with van der Waals surface area (Å²) in [5.74, 6) is 1.49. The fourth-order valence-electron chi connectivity index (χ4n) is 3.43. The van der Waals surface area contributed by atoms with E-state index in [1.807, 2.05) is 41.8 Å². The van der Waals surface area contributed by atoms with Crippen molar-refractivity contribution in [2.75, 3.05) is 6.54 Å². The first-order valence-corrected chi connectivity index (χ1v) is 9.67. The summed E-state index contributed by atoms with van der Waals surface area (Å²) in [5, 5.41) is 11.1. The zero-order valence-electron chi connectivity index (χ0n) is 16.3. The quantitative estimate of drug-likeness (QED) is 0.663. The third-order valence-corrected chi connectivity index (χ3v) is 5.14. The first-order chi connectivity index (χ1) is 14.1. The number of rotatable bonds is 7. The average molecular weight is 393 g/mol. The van der Waals surface area contributed by atoms with Gasteiger partial charge in [0.1, 0.15) is 11.6 Å². The van der Waals surface area contributed by atoms with Crippen molar-refractivity contribution in [2.45, 2.75) is 39.4 Å². The molecule has 3 heterocycles. The lowest BCUT2D eigenvalue weighted by Crippen LogP contribution is -2.40. The zero-order valence-corrected chi connectivity index (χ0v) is 16.3. The van der Waals surface area contributed by atoms with Gasteiger partial charge in [0.2, 0.25) is 11.7 Å². The van der Waals surface area contributed by atoms with E-state index >= 15 is 0 Å². The Morgan fingerprint density at radius 1 is 1.17 bits per heavy atom. The lowest BCUT2D eigenvalue weighted by atomic mass is 10.1. The van der Waals surface area contributed by atoms with Crippen molar-refractivity contribution in [3.63, 3.8) is 0 Å². The normalized spacial score (nSPS) is 13.4. The topological polar surface area (TPSA) is 93.3 Å². The number of carbonyl (C=O) groups is 2. The predicted molar refractivity (Wildman–Crippen MR) is 105 cm³/mol. The van der Waals surface area contributed by atoms with Crippen molar-refractivity contribution in [1.29, 1.82) is 0 Å². The van der Waals surface area contributed by atoms with Crippen molar-refractivity contribution in [3.05, 3.63) is 71.2 Å². The number of furan rings is 1. The summed E-state index contributed by atoms with van der Waals surface area (Å²) in [4.78, 5) is 26.7. The molecule has 1 aromatic carbocycles. The first kappa shape index (κ1) is 18.9. The van der Waals surface area contributed by atoms with Crippen LogP contribution in [0.15, 0.2) is 47.1 Å². The highest BCUT2D eigenvalue weighted by atomic mass is 16.3. The van der Waals surface area contributed by atoms with Crippen LogP contribution in [-0.4, -0.2) is 38.0 Å². The molecule has 0 radical (unpaired) electrons. The van der Waals surface area contributed by atoms with E-state index in [9.17, 15) is 9.59 Å². The molecule has 0 fully saturated rings. The fraction of sp³-hybridized carbons (Fsp3) is 0.333. The number of hydrogen-bond acceptors (Lipinski definition) is 5. The molecular weight excluding hydrogens is 370 g/mol. The SMILES string of the molecule is Cc1ccccc1CN1CCn2c(CCC(=O)NCc3ccco3)nnc2C1=O. The van der Waals surface area contributed by atoms with E-state index < -0.39 is 0 Å². The van der Waals surface area contributed by atoms with E-state index in [1.165, 1.54) is 0 Å². The molecule has 0 aliphatic carbocycles. The van der Waals surface area contributed by atoms with Gasteiger partial charge in [-0.3, -0.25) is 9.59 Å². The molecule has 0 bridgehead atoms. The number of fused-ring (bicyclic) bond motifs is 1. The van der Waals surface area contributed by atoms with Gasteiger partial charge < -0.3 is 19.2 Å². The average Bonchev–Trinajstić information content (AvgIpc) is 3.38. The van der Waals surface area contributed by atoms with Crippen molar-refractivity contribution in [3.8, 4) is 0 Å². The number of aromatic nitrogens is 3. The fourth-order valence-corrected chi connectivity index (χ4v) is 3.43. The zero-order chi connectivity index (χ0) is 20.2. The minimum atomic E-state index is -0.125. The van der Waals surface area contributed by atoms with Crippen LogP contribution in [0, 0.1) is 6.92 Å². The van der Waals surface area contributed by atoms with E-state index in [-0.39, 0.29) is 18.2 Å². The van der Waals surface area contributed by atoms with Gasteiger partial charge in [0.05, 0.1) is 12.8 Å². The molecule has 3 aromatic rings. The second kappa shape index (κ2) is 8.30. The molecule has 8 nitrogen and oxygen atoms in total. The molecule has 29 heavy (non-hydrogen) atoms. The number of nitrogens with zero attached hydrogens (tertiary/aromatic N) is 4. The monoisotopic (exact) mass is 393 g/mol. The second-order valence-corrected chi connectivity index (χ2v) is 7.10. The van der Waals surface area contributed by atoms with Crippen LogP contribution in [0.3, 0.4) is 0 Å². The third-order valence-electron chi connectivity index (χ3n) is 5.14. The van der Waals surface area contributed by atoms with Crippen LogP contribution in [0.2, 0.25) is 0 Å². The van der Waals surface area contributed by atoms with Gasteiger partial charge in [0, 0.05) is 32.5 Å². The van der Waals surface area contributed by atoms with Gasteiger partial charge in [-0.1, -0.05) is 24.3 Å². The third kappa shape index (κ3) is 4.21. The van der Waals surface area contributed by atoms with Gasteiger partial charge >= 0.3 is 0 Å². The maximum absolute atomic E-state index is 12.8. The van der Waals surface area contributed by atoms with Crippen molar-refractivity contribution in [2.24, 2.45) is 0 Å². The maximum Gasteiger partial charge on any atom is 0.292 e. The number of aryl methyl sites for hydroxylation is 2. The van der Waals surface area contributed by atoms with Gasteiger partial charge in [-0.05, 0) is 30.2 Å². The summed E-state index contributed by atoms with van der Waals surface area (Å²) >= 11 is 0. The van der Waals surface area contributed by atoms with E-state index in [4.69, 9.17) is 4.42 Å². The second-order valence-electron chi connectivity index (χ2n) is 7.10. The largest absolute Gasteiger partial charge is 0.467 e. The van der Waals surface area contributed by atoms with Crippen LogP contribution in [0.25, 0.3) is 0 Å². The molecule has 0 spiro atoms. The molecule has 0 saturated heterocycles. The molecule has 4 rings (SSSR count). The van der Waals surface area contributed by atoms with Crippen molar-refractivity contribution >= 4 is 11.8 Å². The standard InChI is InChI=1S/C21H23N5O3/c1-15-5-2-3-6-16(15)14-25-10-11-26-18(23-24-20(26)21(25)28)8-9-19(27)22-13-17-7-4-12-29-17/h2-7,12H,8-11,13-14H2,1H3,(H,22,27). The molecule has 8 heteroatoms. The lowest BCUT2D eigenvalue weighted by molar-refractivity contribution is -0.121. The smallest absolute Gasteiger partial charge is 0.292 e. The van der Waals surface area contributed by atoms with E-state index in [0.717, 1.165) is 11.1 Å². The van der Waals surface area contributed by atoms with Crippen LogP contribution in [-0.2, 0) is 30.8 Å². The molecule has 0 saturated carbocycles. The summed E-state index contributed by atoms with van der Waals surface area (Å²) in [5.41, 5.74) is 2.29. The van der Waals surface area contributed by atoms with E-state index in [2.05, 4.69) is 15.5 Å². The first-order valence-electron chi connectivity index (χ1n) is 9.67. The Morgan fingerprint density at radius 3 is 2.83 bits per heavy atom. The molecular formula is C21H23N5O3. The lowest BCUT2D eigenvalue weighted by Gasteiger charge is -2.28. The summed E-state index contributed by atoms with van der Waals surface area (Å²) in [6.45, 7) is 4.18. The number of amides is 2. The van der Waals surface area contributed by atoms with Gasteiger partial charge in [-0.2, -0.15) is 0 Å². The van der Waals surface area contributed by atoms with Gasteiger partial charge in [-0.15, -0.1) is 10.2 Å². The molecule has 1 N–H and O–H groups in total. The molecule has 2 aromatic heterocycles. The van der Waals surface area contributed by atoms with E-state index in [0.29, 0.717) is 50.0 Å².